The fourth-order valence-corrected chi connectivity index (χ4v) is 2.22. The fraction of sp³-hybridized carbons (Fsp3) is 0.909. The number of hydrogen-bond donors (Lipinski definition) is 2. The summed E-state index contributed by atoms with van der Waals surface area (Å²) < 4.78 is 0. The van der Waals surface area contributed by atoms with Crippen molar-refractivity contribution in [3.05, 3.63) is 0 Å². The van der Waals surface area contributed by atoms with Crippen molar-refractivity contribution in [2.24, 2.45) is 5.92 Å². The Kier molecular flexibility index (Phi) is 5.65. The van der Waals surface area contributed by atoms with E-state index in [0.717, 1.165) is 45.3 Å². The summed E-state index contributed by atoms with van der Waals surface area (Å²) in [5.41, 5.74) is 0. The molecular formula is C11H21NO3. The normalized spacial score (nSPS) is 22.9. The summed E-state index contributed by atoms with van der Waals surface area (Å²) in [5.74, 6) is -0.359. The number of aliphatic hydroxyl groups excluding tert-OH is 1. The van der Waals surface area contributed by atoms with E-state index in [1.807, 2.05) is 0 Å². The number of rotatable bonds is 6. The molecule has 15 heavy (non-hydrogen) atoms. The Labute approximate surface area is 90.9 Å². The highest BCUT2D eigenvalue weighted by atomic mass is 16.4. The van der Waals surface area contributed by atoms with E-state index >= 15 is 0 Å². The maximum absolute atomic E-state index is 10.6. The third-order valence-corrected chi connectivity index (χ3v) is 2.95. The van der Waals surface area contributed by atoms with Crippen LogP contribution in [0.3, 0.4) is 0 Å². The zero-order chi connectivity index (χ0) is 11.1. The Morgan fingerprint density at radius 1 is 1.40 bits per heavy atom. The molecule has 2 N–H and O–H groups in total. The minimum absolute atomic E-state index is 0.256. The summed E-state index contributed by atoms with van der Waals surface area (Å²) in [6.45, 7) is 3.25. The highest BCUT2D eigenvalue weighted by Gasteiger charge is 2.21. The van der Waals surface area contributed by atoms with Crippen molar-refractivity contribution in [2.45, 2.75) is 32.1 Å². The smallest absolute Gasteiger partial charge is 0.303 e. The average Bonchev–Trinajstić information content (AvgIpc) is 2.18. The number of hydrogen-bond acceptors (Lipinski definition) is 3. The van der Waals surface area contributed by atoms with Crippen LogP contribution < -0.4 is 0 Å². The topological polar surface area (TPSA) is 60.8 Å². The zero-order valence-electron chi connectivity index (χ0n) is 9.19. The molecule has 0 saturated carbocycles. The maximum Gasteiger partial charge on any atom is 0.303 e. The standard InChI is InChI=1S/C11H21NO3/c13-7-2-1-5-12-6-3-4-10(9-12)8-11(14)15/h10,13H,1-9H2,(H,14,15). The second-order valence-electron chi connectivity index (χ2n) is 4.34. The van der Waals surface area contributed by atoms with Crippen molar-refractivity contribution in [3.63, 3.8) is 0 Å². The molecule has 1 aliphatic rings. The van der Waals surface area contributed by atoms with Crippen molar-refractivity contribution >= 4 is 5.97 Å². The summed E-state index contributed by atoms with van der Waals surface area (Å²) in [6, 6.07) is 0. The van der Waals surface area contributed by atoms with Crippen LogP contribution in [-0.4, -0.2) is 47.3 Å². The average molecular weight is 215 g/mol. The highest BCUT2D eigenvalue weighted by Crippen LogP contribution is 2.19. The molecule has 1 heterocycles. The molecule has 1 rings (SSSR count). The molecule has 1 unspecified atom stereocenters. The molecule has 0 spiro atoms. The first kappa shape index (κ1) is 12.5. The van der Waals surface area contributed by atoms with Gasteiger partial charge in [-0.3, -0.25) is 4.79 Å². The number of carboxylic acid groups (broad SMARTS) is 1. The molecule has 1 saturated heterocycles. The predicted octanol–water partition coefficient (Wildman–Crippen LogP) is 0.946. The molecule has 1 fully saturated rings. The van der Waals surface area contributed by atoms with Gasteiger partial charge in [0.1, 0.15) is 0 Å². The van der Waals surface area contributed by atoms with Gasteiger partial charge in [0, 0.05) is 19.6 Å². The van der Waals surface area contributed by atoms with E-state index in [2.05, 4.69) is 4.90 Å². The number of piperidine rings is 1. The number of likely N-dealkylation sites (tertiary alicyclic amines) is 1. The third kappa shape index (κ3) is 5.14. The molecule has 4 nitrogen and oxygen atoms in total. The summed E-state index contributed by atoms with van der Waals surface area (Å²) in [5, 5.41) is 17.4. The van der Waals surface area contributed by atoms with Gasteiger partial charge in [-0.2, -0.15) is 0 Å². The van der Waals surface area contributed by atoms with Gasteiger partial charge in [-0.25, -0.2) is 0 Å². The Morgan fingerprint density at radius 2 is 2.20 bits per heavy atom. The SMILES string of the molecule is O=C(O)CC1CCCN(CCCCO)C1. The van der Waals surface area contributed by atoms with Crippen LogP contribution in [0.5, 0.6) is 0 Å². The van der Waals surface area contributed by atoms with Gasteiger partial charge in [0.2, 0.25) is 0 Å². The van der Waals surface area contributed by atoms with Gasteiger partial charge in [-0.15, -0.1) is 0 Å². The van der Waals surface area contributed by atoms with Crippen LogP contribution in [0.1, 0.15) is 32.1 Å². The van der Waals surface area contributed by atoms with E-state index in [4.69, 9.17) is 10.2 Å². The molecule has 0 amide bonds. The fourth-order valence-electron chi connectivity index (χ4n) is 2.22. The molecule has 0 aromatic heterocycles. The van der Waals surface area contributed by atoms with Crippen LogP contribution in [0.2, 0.25) is 0 Å². The molecule has 0 aromatic carbocycles. The number of nitrogens with zero attached hydrogens (tertiary/aromatic N) is 1. The van der Waals surface area contributed by atoms with E-state index in [-0.39, 0.29) is 6.61 Å². The molecule has 88 valence electrons. The summed E-state index contributed by atoms with van der Waals surface area (Å²) in [7, 11) is 0. The van der Waals surface area contributed by atoms with Gasteiger partial charge >= 0.3 is 5.97 Å². The van der Waals surface area contributed by atoms with Crippen molar-refractivity contribution in [1.82, 2.24) is 4.90 Å². The lowest BCUT2D eigenvalue weighted by Crippen LogP contribution is -2.36. The van der Waals surface area contributed by atoms with Crippen LogP contribution in [-0.2, 0) is 4.79 Å². The molecule has 0 aromatic rings. The van der Waals surface area contributed by atoms with Crippen LogP contribution in [0.4, 0.5) is 0 Å². The van der Waals surface area contributed by atoms with E-state index in [9.17, 15) is 4.79 Å². The van der Waals surface area contributed by atoms with Gasteiger partial charge in [0.15, 0.2) is 0 Å². The Morgan fingerprint density at radius 3 is 2.87 bits per heavy atom. The largest absolute Gasteiger partial charge is 0.481 e. The number of unbranched alkanes of at least 4 members (excludes halogenated alkanes) is 1. The van der Waals surface area contributed by atoms with Crippen LogP contribution in [0.25, 0.3) is 0 Å². The third-order valence-electron chi connectivity index (χ3n) is 2.95. The van der Waals surface area contributed by atoms with Gasteiger partial charge in [-0.05, 0) is 44.7 Å². The molecule has 0 bridgehead atoms. The molecule has 1 atom stereocenters. The maximum atomic E-state index is 10.6. The monoisotopic (exact) mass is 215 g/mol. The van der Waals surface area contributed by atoms with Gasteiger partial charge < -0.3 is 15.1 Å². The van der Waals surface area contributed by atoms with Crippen LogP contribution in [0, 0.1) is 5.92 Å². The second-order valence-corrected chi connectivity index (χ2v) is 4.34. The van der Waals surface area contributed by atoms with Crippen LogP contribution >= 0.6 is 0 Å². The quantitative estimate of drug-likeness (QED) is 0.647. The second kappa shape index (κ2) is 6.80. The first-order chi connectivity index (χ1) is 7.22. The molecule has 4 heteroatoms. The van der Waals surface area contributed by atoms with Crippen LogP contribution in [0.15, 0.2) is 0 Å². The Hall–Kier alpha value is -0.610. The highest BCUT2D eigenvalue weighted by molar-refractivity contribution is 5.67. The van der Waals surface area contributed by atoms with Crippen molar-refractivity contribution in [2.75, 3.05) is 26.2 Å². The van der Waals surface area contributed by atoms with E-state index < -0.39 is 5.97 Å². The lowest BCUT2D eigenvalue weighted by atomic mass is 9.95. The molecule has 0 aliphatic carbocycles. The minimum Gasteiger partial charge on any atom is -0.481 e. The predicted molar refractivity (Wildman–Crippen MR) is 57.7 cm³/mol. The number of carbonyl (C=O) groups is 1. The Bertz CT molecular complexity index is 196. The lowest BCUT2D eigenvalue weighted by Gasteiger charge is -2.31. The van der Waals surface area contributed by atoms with Gasteiger partial charge in [0.05, 0.1) is 0 Å². The van der Waals surface area contributed by atoms with Crippen molar-refractivity contribution in [1.29, 1.82) is 0 Å². The number of aliphatic hydroxyl groups is 1. The summed E-state index contributed by atoms with van der Waals surface area (Å²) in [6.07, 6.45) is 4.31. The van der Waals surface area contributed by atoms with E-state index in [1.165, 1.54) is 0 Å². The first-order valence-corrected chi connectivity index (χ1v) is 5.77. The number of aliphatic carboxylic acids is 1. The van der Waals surface area contributed by atoms with Crippen molar-refractivity contribution < 1.29 is 15.0 Å². The van der Waals surface area contributed by atoms with E-state index in [0.29, 0.717) is 12.3 Å². The first-order valence-electron chi connectivity index (χ1n) is 5.77. The van der Waals surface area contributed by atoms with Gasteiger partial charge in [-0.1, -0.05) is 0 Å². The zero-order valence-corrected chi connectivity index (χ0v) is 9.19. The summed E-state index contributed by atoms with van der Waals surface area (Å²) >= 11 is 0. The summed E-state index contributed by atoms with van der Waals surface area (Å²) in [4.78, 5) is 12.9. The molecular weight excluding hydrogens is 194 g/mol. The van der Waals surface area contributed by atoms with Gasteiger partial charge in [0.25, 0.3) is 0 Å². The molecule has 1 aliphatic heterocycles. The lowest BCUT2D eigenvalue weighted by molar-refractivity contribution is -0.138. The number of carboxylic acids is 1. The Balaban J connectivity index is 2.19. The van der Waals surface area contributed by atoms with E-state index in [1.54, 1.807) is 0 Å². The molecule has 0 radical (unpaired) electrons. The minimum atomic E-state index is -0.683. The van der Waals surface area contributed by atoms with Crippen molar-refractivity contribution in [3.8, 4) is 0 Å².